The lowest BCUT2D eigenvalue weighted by molar-refractivity contribution is -0.384. The topological polar surface area (TPSA) is 73.0 Å². The Balaban J connectivity index is 2.22. The monoisotopic (exact) mass is 280 g/mol. The van der Waals surface area contributed by atoms with Gasteiger partial charge in [-0.1, -0.05) is 6.92 Å². The lowest BCUT2D eigenvalue weighted by Gasteiger charge is -2.06. The highest BCUT2D eigenvalue weighted by Gasteiger charge is 2.23. The third-order valence-corrected chi connectivity index (χ3v) is 3.97. The van der Waals surface area contributed by atoms with E-state index in [2.05, 4.69) is 23.4 Å². The van der Waals surface area contributed by atoms with E-state index in [0.717, 1.165) is 6.42 Å². The first-order valence-corrected chi connectivity index (χ1v) is 6.89. The third kappa shape index (κ3) is 2.60. The molecule has 2 heterocycles. The summed E-state index contributed by atoms with van der Waals surface area (Å²) in [6, 6.07) is 2.09. The molecule has 0 aliphatic carbocycles. The van der Waals surface area contributed by atoms with Crippen LogP contribution in [0.15, 0.2) is 11.4 Å². The first-order valence-electron chi connectivity index (χ1n) is 6.01. The summed E-state index contributed by atoms with van der Waals surface area (Å²) in [5, 5.41) is 20.3. The van der Waals surface area contributed by atoms with E-state index in [4.69, 9.17) is 0 Å². The van der Waals surface area contributed by atoms with Crippen LogP contribution in [0.25, 0.3) is 0 Å². The van der Waals surface area contributed by atoms with Crippen molar-refractivity contribution in [3.05, 3.63) is 37.7 Å². The fourth-order valence-electron chi connectivity index (χ4n) is 2.06. The summed E-state index contributed by atoms with van der Waals surface area (Å²) >= 11 is 1.66. The Kier molecular flexibility index (Phi) is 3.84. The van der Waals surface area contributed by atoms with Crippen LogP contribution in [-0.2, 0) is 20.0 Å². The second-order valence-corrected chi connectivity index (χ2v) is 5.24. The molecule has 19 heavy (non-hydrogen) atoms. The van der Waals surface area contributed by atoms with Crippen LogP contribution in [0.1, 0.15) is 23.1 Å². The lowest BCUT2D eigenvalue weighted by Crippen LogP contribution is -2.06. The molecule has 0 saturated carbocycles. The maximum Gasteiger partial charge on any atom is 0.333 e. The fraction of sp³-hybridized carbons (Fsp3) is 0.417. The van der Waals surface area contributed by atoms with Gasteiger partial charge in [-0.15, -0.1) is 11.3 Å². The van der Waals surface area contributed by atoms with E-state index in [1.165, 1.54) is 15.1 Å². The Labute approximate surface area is 115 Å². The van der Waals surface area contributed by atoms with Crippen molar-refractivity contribution in [2.75, 3.05) is 5.32 Å². The van der Waals surface area contributed by atoms with Gasteiger partial charge >= 0.3 is 5.69 Å². The van der Waals surface area contributed by atoms with Crippen molar-refractivity contribution >= 4 is 22.8 Å². The minimum absolute atomic E-state index is 0.0529. The molecule has 0 aromatic carbocycles. The highest BCUT2D eigenvalue weighted by Crippen LogP contribution is 2.28. The van der Waals surface area contributed by atoms with E-state index in [9.17, 15) is 10.1 Å². The van der Waals surface area contributed by atoms with Crippen molar-refractivity contribution in [1.82, 2.24) is 9.78 Å². The summed E-state index contributed by atoms with van der Waals surface area (Å²) < 4.78 is 1.52. The predicted molar refractivity (Wildman–Crippen MR) is 75.6 cm³/mol. The number of aromatic nitrogens is 2. The van der Waals surface area contributed by atoms with Crippen LogP contribution in [0.3, 0.4) is 0 Å². The van der Waals surface area contributed by atoms with E-state index in [1.54, 1.807) is 25.3 Å². The van der Waals surface area contributed by atoms with Crippen molar-refractivity contribution in [3.8, 4) is 0 Å². The lowest BCUT2D eigenvalue weighted by atomic mass is 10.2. The van der Waals surface area contributed by atoms with Gasteiger partial charge in [0, 0.05) is 11.9 Å². The Bertz CT molecular complexity index is 603. The molecule has 2 aromatic heterocycles. The highest BCUT2D eigenvalue weighted by atomic mass is 32.1. The number of hydrogen-bond acceptors (Lipinski definition) is 5. The van der Waals surface area contributed by atoms with Crippen LogP contribution in [0.2, 0.25) is 0 Å². The molecule has 102 valence electrons. The van der Waals surface area contributed by atoms with Gasteiger partial charge in [-0.05, 0) is 30.4 Å². The molecular weight excluding hydrogens is 264 g/mol. The molecule has 0 bridgehead atoms. The first-order chi connectivity index (χ1) is 9.04. The molecule has 0 atom stereocenters. The summed E-state index contributed by atoms with van der Waals surface area (Å²) in [7, 11) is 1.71. The molecule has 6 nitrogen and oxygen atoms in total. The quantitative estimate of drug-likeness (QED) is 0.675. The molecule has 0 amide bonds. The number of rotatable bonds is 5. The number of aryl methyl sites for hydroxylation is 3. The molecule has 0 radical (unpaired) electrons. The van der Waals surface area contributed by atoms with Crippen LogP contribution in [0, 0.1) is 17.0 Å². The van der Waals surface area contributed by atoms with E-state index >= 15 is 0 Å². The van der Waals surface area contributed by atoms with Crippen LogP contribution < -0.4 is 5.32 Å². The van der Waals surface area contributed by atoms with Crippen LogP contribution in [0.4, 0.5) is 11.5 Å². The zero-order valence-corrected chi connectivity index (χ0v) is 12.0. The Morgan fingerprint density at radius 2 is 2.32 bits per heavy atom. The number of nitrogens with zero attached hydrogens (tertiary/aromatic N) is 3. The van der Waals surface area contributed by atoms with Crippen LogP contribution in [-0.4, -0.2) is 14.7 Å². The van der Waals surface area contributed by atoms with Gasteiger partial charge in [-0.25, -0.2) is 4.68 Å². The zero-order chi connectivity index (χ0) is 14.0. The Hall–Kier alpha value is -1.89. The van der Waals surface area contributed by atoms with Gasteiger partial charge in [0.25, 0.3) is 0 Å². The smallest absolute Gasteiger partial charge is 0.333 e. The van der Waals surface area contributed by atoms with Gasteiger partial charge in [0.2, 0.25) is 5.82 Å². The SMILES string of the molecule is CCc1ccsc1CNc1c([N+](=O)[O-])c(C)nn1C. The molecule has 0 aliphatic heterocycles. The fourth-order valence-corrected chi connectivity index (χ4v) is 2.98. The second kappa shape index (κ2) is 5.40. The van der Waals surface area contributed by atoms with E-state index in [-0.39, 0.29) is 10.6 Å². The molecule has 2 rings (SSSR count). The average Bonchev–Trinajstić information content (AvgIpc) is 2.90. The van der Waals surface area contributed by atoms with Crippen molar-refractivity contribution in [1.29, 1.82) is 0 Å². The molecule has 0 unspecified atom stereocenters. The molecule has 0 spiro atoms. The van der Waals surface area contributed by atoms with E-state index in [0.29, 0.717) is 18.1 Å². The zero-order valence-electron chi connectivity index (χ0n) is 11.1. The standard InChI is InChI=1S/C12H16N4O2S/c1-4-9-5-6-19-10(9)7-13-12-11(16(17)18)8(2)14-15(12)3/h5-6,13H,4,7H2,1-3H3. The number of thiophene rings is 1. The maximum absolute atomic E-state index is 11.1. The van der Waals surface area contributed by atoms with Gasteiger partial charge in [0.1, 0.15) is 5.69 Å². The van der Waals surface area contributed by atoms with E-state index < -0.39 is 0 Å². The first kappa shape index (κ1) is 13.5. The van der Waals surface area contributed by atoms with Gasteiger partial charge in [0.05, 0.1) is 11.5 Å². The third-order valence-electron chi connectivity index (χ3n) is 3.01. The molecule has 0 saturated heterocycles. The Morgan fingerprint density at radius 1 is 1.58 bits per heavy atom. The van der Waals surface area contributed by atoms with E-state index in [1.807, 2.05) is 5.38 Å². The Morgan fingerprint density at radius 3 is 2.95 bits per heavy atom. The van der Waals surface area contributed by atoms with Gasteiger partial charge < -0.3 is 5.32 Å². The van der Waals surface area contributed by atoms with Crippen molar-refractivity contribution in [2.45, 2.75) is 26.8 Å². The largest absolute Gasteiger partial charge is 0.360 e. The predicted octanol–water partition coefficient (Wildman–Crippen LogP) is 2.87. The van der Waals surface area contributed by atoms with Crippen LogP contribution >= 0.6 is 11.3 Å². The van der Waals surface area contributed by atoms with Gasteiger partial charge in [0.15, 0.2) is 0 Å². The van der Waals surface area contributed by atoms with Crippen LogP contribution in [0.5, 0.6) is 0 Å². The molecule has 1 N–H and O–H groups in total. The van der Waals surface area contributed by atoms with Gasteiger partial charge in [-0.3, -0.25) is 10.1 Å². The molecule has 0 fully saturated rings. The van der Waals surface area contributed by atoms with Gasteiger partial charge in [-0.2, -0.15) is 5.10 Å². The summed E-state index contributed by atoms with van der Waals surface area (Å²) in [4.78, 5) is 11.9. The average molecular weight is 280 g/mol. The number of nitrogens with one attached hydrogen (secondary N) is 1. The summed E-state index contributed by atoms with van der Waals surface area (Å²) in [6.07, 6.45) is 0.965. The normalized spacial score (nSPS) is 10.7. The molecule has 7 heteroatoms. The summed E-state index contributed by atoms with van der Waals surface area (Å²) in [6.45, 7) is 4.33. The minimum atomic E-state index is -0.389. The summed E-state index contributed by atoms with van der Waals surface area (Å²) in [5.74, 6) is 0.456. The highest BCUT2D eigenvalue weighted by molar-refractivity contribution is 7.10. The number of anilines is 1. The van der Waals surface area contributed by atoms with Crippen molar-refractivity contribution in [2.24, 2.45) is 7.05 Å². The maximum atomic E-state index is 11.1. The summed E-state index contributed by atoms with van der Waals surface area (Å²) in [5.41, 5.74) is 1.76. The van der Waals surface area contributed by atoms with Crippen molar-refractivity contribution < 1.29 is 4.92 Å². The number of nitro groups is 1. The molecule has 2 aromatic rings. The number of hydrogen-bond donors (Lipinski definition) is 1. The van der Waals surface area contributed by atoms with Crippen molar-refractivity contribution in [3.63, 3.8) is 0 Å². The minimum Gasteiger partial charge on any atom is -0.360 e. The molecular formula is C12H16N4O2S. The second-order valence-electron chi connectivity index (χ2n) is 4.24. The molecule has 0 aliphatic rings.